The molecule has 0 aliphatic carbocycles. The second-order valence-electron chi connectivity index (χ2n) is 11.9. The van der Waals surface area contributed by atoms with E-state index in [1.54, 1.807) is 0 Å². The Morgan fingerprint density at radius 2 is 0.684 bits per heavy atom. The SMILES string of the molecule is C[CH]c1nc(CCCCCCCCCC)c(CCCCCCCCCC)c(CCCCCCCCCC)n1. The van der Waals surface area contributed by atoms with Crippen LogP contribution < -0.4 is 0 Å². The summed E-state index contributed by atoms with van der Waals surface area (Å²) in [7, 11) is 0. The van der Waals surface area contributed by atoms with Crippen LogP contribution in [0.2, 0.25) is 0 Å². The van der Waals surface area contributed by atoms with Crippen molar-refractivity contribution in [3.8, 4) is 0 Å². The molecule has 0 aliphatic heterocycles. The van der Waals surface area contributed by atoms with Crippen molar-refractivity contribution in [3.63, 3.8) is 0 Å². The number of aromatic nitrogens is 2. The number of hydrogen-bond acceptors (Lipinski definition) is 2. The van der Waals surface area contributed by atoms with Crippen molar-refractivity contribution < 1.29 is 0 Å². The Labute approximate surface area is 240 Å². The number of aryl methyl sites for hydroxylation is 2. The molecule has 2 nitrogen and oxygen atoms in total. The van der Waals surface area contributed by atoms with Gasteiger partial charge >= 0.3 is 0 Å². The van der Waals surface area contributed by atoms with Crippen LogP contribution >= 0.6 is 0 Å². The van der Waals surface area contributed by atoms with E-state index in [2.05, 4.69) is 34.1 Å². The molecular formula is C36H67N2. The zero-order chi connectivity index (χ0) is 27.5. The van der Waals surface area contributed by atoms with Gasteiger partial charge in [-0.3, -0.25) is 0 Å². The van der Waals surface area contributed by atoms with Gasteiger partial charge in [0.1, 0.15) is 5.82 Å². The minimum Gasteiger partial charge on any atom is -0.237 e. The van der Waals surface area contributed by atoms with Gasteiger partial charge in [0.25, 0.3) is 0 Å². The molecule has 0 saturated carbocycles. The molecule has 0 unspecified atom stereocenters. The van der Waals surface area contributed by atoms with Crippen LogP contribution in [0.4, 0.5) is 0 Å². The van der Waals surface area contributed by atoms with Crippen molar-refractivity contribution in [3.05, 3.63) is 29.2 Å². The van der Waals surface area contributed by atoms with Crippen LogP contribution in [-0.2, 0) is 19.3 Å². The maximum absolute atomic E-state index is 5.08. The first kappa shape index (κ1) is 35.1. The molecular weight excluding hydrogens is 460 g/mol. The summed E-state index contributed by atoms with van der Waals surface area (Å²) in [5, 5.41) is 0. The third kappa shape index (κ3) is 18.4. The molecule has 38 heavy (non-hydrogen) atoms. The van der Waals surface area contributed by atoms with E-state index in [0.29, 0.717) is 0 Å². The summed E-state index contributed by atoms with van der Waals surface area (Å²) in [6, 6.07) is 0. The van der Waals surface area contributed by atoms with E-state index < -0.39 is 0 Å². The third-order valence-electron chi connectivity index (χ3n) is 8.27. The van der Waals surface area contributed by atoms with E-state index in [0.717, 1.165) is 18.7 Å². The van der Waals surface area contributed by atoms with E-state index in [-0.39, 0.29) is 0 Å². The van der Waals surface area contributed by atoms with Gasteiger partial charge in [0.05, 0.1) is 0 Å². The van der Waals surface area contributed by atoms with E-state index in [1.165, 1.54) is 177 Å². The molecule has 0 aromatic carbocycles. The summed E-state index contributed by atoms with van der Waals surface area (Å²) in [6.45, 7) is 9.02. The maximum Gasteiger partial charge on any atom is 0.132 e. The van der Waals surface area contributed by atoms with E-state index in [1.807, 2.05) is 0 Å². The fourth-order valence-corrected chi connectivity index (χ4v) is 5.72. The van der Waals surface area contributed by atoms with Gasteiger partial charge in [-0.05, 0) is 44.1 Å². The molecule has 221 valence electrons. The highest BCUT2D eigenvalue weighted by Gasteiger charge is 2.14. The Morgan fingerprint density at radius 1 is 0.395 bits per heavy atom. The number of nitrogens with zero attached hydrogens (tertiary/aromatic N) is 2. The van der Waals surface area contributed by atoms with Crippen LogP contribution in [0.3, 0.4) is 0 Å². The van der Waals surface area contributed by atoms with Crippen LogP contribution in [0.1, 0.15) is 205 Å². The monoisotopic (exact) mass is 528 g/mol. The molecule has 0 spiro atoms. The number of hydrogen-bond donors (Lipinski definition) is 0. The van der Waals surface area contributed by atoms with Gasteiger partial charge in [0, 0.05) is 17.8 Å². The van der Waals surface area contributed by atoms with Gasteiger partial charge < -0.3 is 0 Å². The zero-order valence-corrected chi connectivity index (χ0v) is 26.6. The first-order chi connectivity index (χ1) is 18.8. The average molecular weight is 528 g/mol. The summed E-state index contributed by atoms with van der Waals surface area (Å²) in [6.07, 6.45) is 38.7. The van der Waals surface area contributed by atoms with E-state index >= 15 is 0 Å². The van der Waals surface area contributed by atoms with Crippen LogP contribution in [0.15, 0.2) is 0 Å². The van der Waals surface area contributed by atoms with Crippen molar-refractivity contribution >= 4 is 0 Å². The predicted molar refractivity (Wildman–Crippen MR) is 170 cm³/mol. The Bertz CT molecular complexity index is 597. The minimum absolute atomic E-state index is 0.966. The fraction of sp³-hybridized carbons (Fsp3) is 0.861. The molecule has 0 amide bonds. The summed E-state index contributed by atoms with van der Waals surface area (Å²) in [4.78, 5) is 10.2. The molecule has 0 fully saturated rings. The van der Waals surface area contributed by atoms with Crippen molar-refractivity contribution in [2.45, 2.75) is 201 Å². The van der Waals surface area contributed by atoms with Crippen LogP contribution in [-0.4, -0.2) is 9.97 Å². The normalized spacial score (nSPS) is 11.5. The molecule has 1 rings (SSSR count). The second kappa shape index (κ2) is 26.3. The highest BCUT2D eigenvalue weighted by molar-refractivity contribution is 5.28. The molecule has 0 bridgehead atoms. The predicted octanol–water partition coefficient (Wildman–Crippen LogP) is 12.1. The Balaban J connectivity index is 2.64. The molecule has 0 saturated heterocycles. The Kier molecular flexibility index (Phi) is 24.3. The third-order valence-corrected chi connectivity index (χ3v) is 8.27. The molecule has 1 radical (unpaired) electrons. The van der Waals surface area contributed by atoms with Gasteiger partial charge in [0.15, 0.2) is 0 Å². The Hall–Kier alpha value is -0.920. The van der Waals surface area contributed by atoms with Crippen molar-refractivity contribution in [1.29, 1.82) is 0 Å². The Morgan fingerprint density at radius 3 is 1.00 bits per heavy atom. The first-order valence-corrected chi connectivity index (χ1v) is 17.4. The summed E-state index contributed by atoms with van der Waals surface area (Å²) >= 11 is 0. The highest BCUT2D eigenvalue weighted by Crippen LogP contribution is 2.22. The molecule has 2 heteroatoms. The molecule has 0 N–H and O–H groups in total. The highest BCUT2D eigenvalue weighted by atomic mass is 14.9. The van der Waals surface area contributed by atoms with Gasteiger partial charge in [-0.2, -0.15) is 0 Å². The van der Waals surface area contributed by atoms with Crippen molar-refractivity contribution in [2.24, 2.45) is 0 Å². The van der Waals surface area contributed by atoms with Gasteiger partial charge in [0.2, 0.25) is 0 Å². The maximum atomic E-state index is 5.08. The van der Waals surface area contributed by atoms with Gasteiger partial charge in [-0.1, -0.05) is 163 Å². The minimum atomic E-state index is 0.966. The van der Waals surface area contributed by atoms with Crippen LogP contribution in [0, 0.1) is 6.42 Å². The smallest absolute Gasteiger partial charge is 0.132 e. The summed E-state index contributed by atoms with van der Waals surface area (Å²) < 4.78 is 0. The van der Waals surface area contributed by atoms with Crippen molar-refractivity contribution in [1.82, 2.24) is 9.97 Å². The molecule has 0 atom stereocenters. The van der Waals surface area contributed by atoms with E-state index in [9.17, 15) is 0 Å². The number of unbranched alkanes of at least 4 members (excludes halogenated alkanes) is 21. The molecule has 1 aromatic heterocycles. The lowest BCUT2D eigenvalue weighted by molar-refractivity contribution is 0.562. The van der Waals surface area contributed by atoms with Gasteiger partial charge in [-0.15, -0.1) is 0 Å². The quantitative estimate of drug-likeness (QED) is 0.101. The van der Waals surface area contributed by atoms with Crippen LogP contribution in [0.25, 0.3) is 0 Å². The second-order valence-corrected chi connectivity index (χ2v) is 11.9. The summed E-state index contributed by atoms with van der Waals surface area (Å²) in [5.74, 6) is 0.966. The first-order valence-electron chi connectivity index (χ1n) is 17.4. The van der Waals surface area contributed by atoms with E-state index in [4.69, 9.17) is 9.97 Å². The lowest BCUT2D eigenvalue weighted by Crippen LogP contribution is -2.10. The number of rotatable bonds is 28. The topological polar surface area (TPSA) is 25.8 Å². The van der Waals surface area contributed by atoms with Crippen LogP contribution in [0.5, 0.6) is 0 Å². The zero-order valence-electron chi connectivity index (χ0n) is 26.6. The fourth-order valence-electron chi connectivity index (χ4n) is 5.72. The molecule has 1 aromatic rings. The standard InChI is InChI=1S/C36H67N2/c1-5-9-12-15-18-21-24-27-30-33-34(31-28-25-22-19-16-13-10-6-2)37-36(8-4)38-35(33)32-29-26-23-20-17-14-11-7-3/h8H,5-7,9-32H2,1-4H3. The lowest BCUT2D eigenvalue weighted by atomic mass is 9.96. The largest absolute Gasteiger partial charge is 0.237 e. The average Bonchev–Trinajstić information content (AvgIpc) is 2.93. The molecule has 0 aliphatic rings. The van der Waals surface area contributed by atoms with Crippen molar-refractivity contribution in [2.75, 3.05) is 0 Å². The summed E-state index contributed by atoms with van der Waals surface area (Å²) in [5.41, 5.74) is 4.31. The van der Waals surface area contributed by atoms with Gasteiger partial charge in [-0.25, -0.2) is 9.97 Å². The lowest BCUT2D eigenvalue weighted by Gasteiger charge is -2.16. The molecule has 1 heterocycles.